The second kappa shape index (κ2) is 5.17. The Labute approximate surface area is 109 Å². The molecule has 1 amide bonds. The highest BCUT2D eigenvalue weighted by Gasteiger charge is 2.47. The number of hydrogen-bond donors (Lipinski definition) is 2. The van der Waals surface area contributed by atoms with E-state index in [-0.39, 0.29) is 28.7 Å². The Morgan fingerprint density at radius 2 is 2.11 bits per heavy atom. The van der Waals surface area contributed by atoms with Crippen molar-refractivity contribution >= 4 is 15.7 Å². The summed E-state index contributed by atoms with van der Waals surface area (Å²) in [5.41, 5.74) is 0. The maximum absolute atomic E-state index is 12.1. The average molecular weight is 274 g/mol. The Hall–Kier alpha value is -0.620. The summed E-state index contributed by atoms with van der Waals surface area (Å²) in [4.78, 5) is 12.1. The molecule has 0 saturated carbocycles. The molecule has 2 N–H and O–H groups in total. The largest absolute Gasteiger partial charge is 0.356 e. The van der Waals surface area contributed by atoms with E-state index < -0.39 is 9.84 Å². The van der Waals surface area contributed by atoms with Gasteiger partial charge in [0.15, 0.2) is 9.84 Å². The molecule has 0 aromatic heterocycles. The fourth-order valence-corrected chi connectivity index (χ4v) is 4.96. The predicted octanol–water partition coefficient (Wildman–Crippen LogP) is -0.219. The van der Waals surface area contributed by atoms with E-state index in [9.17, 15) is 13.2 Å². The summed E-state index contributed by atoms with van der Waals surface area (Å²) in [6, 6.07) is 0. The third-order valence-electron chi connectivity index (χ3n) is 3.92. The van der Waals surface area contributed by atoms with Gasteiger partial charge in [-0.25, -0.2) is 8.42 Å². The van der Waals surface area contributed by atoms with E-state index in [0.29, 0.717) is 32.0 Å². The van der Waals surface area contributed by atoms with E-state index in [1.165, 1.54) is 0 Å². The molecule has 18 heavy (non-hydrogen) atoms. The zero-order valence-corrected chi connectivity index (χ0v) is 11.8. The lowest BCUT2D eigenvalue weighted by atomic mass is 9.87. The zero-order chi connectivity index (χ0) is 13.3. The summed E-state index contributed by atoms with van der Waals surface area (Å²) < 4.78 is 23.9. The van der Waals surface area contributed by atoms with Gasteiger partial charge >= 0.3 is 0 Å². The topological polar surface area (TPSA) is 75.3 Å². The van der Waals surface area contributed by atoms with E-state index in [1.807, 2.05) is 13.8 Å². The van der Waals surface area contributed by atoms with Gasteiger partial charge in [-0.1, -0.05) is 13.8 Å². The number of nitrogens with one attached hydrogen (secondary N) is 2. The second-order valence-electron chi connectivity index (χ2n) is 5.76. The molecular formula is C12H22N2O3S. The van der Waals surface area contributed by atoms with E-state index in [4.69, 9.17) is 0 Å². The molecule has 0 aromatic rings. The molecule has 5 nitrogen and oxygen atoms in total. The minimum Gasteiger partial charge on any atom is -0.356 e. The summed E-state index contributed by atoms with van der Waals surface area (Å²) in [6.45, 7) is 5.90. The number of fused-ring (bicyclic) bond motifs is 1. The number of carbonyl (C=O) groups excluding carboxylic acids is 1. The van der Waals surface area contributed by atoms with Gasteiger partial charge in [-0.3, -0.25) is 4.79 Å². The van der Waals surface area contributed by atoms with E-state index in [1.54, 1.807) is 0 Å². The lowest BCUT2D eigenvalue weighted by Gasteiger charge is -2.32. The first-order chi connectivity index (χ1) is 8.42. The van der Waals surface area contributed by atoms with Crippen LogP contribution in [0.1, 0.15) is 20.3 Å². The molecule has 0 aliphatic carbocycles. The predicted molar refractivity (Wildman–Crippen MR) is 69.9 cm³/mol. The lowest BCUT2D eigenvalue weighted by molar-refractivity contribution is -0.126. The minimum absolute atomic E-state index is 0.0253. The van der Waals surface area contributed by atoms with Gasteiger partial charge in [0.1, 0.15) is 0 Å². The van der Waals surface area contributed by atoms with E-state index >= 15 is 0 Å². The Kier molecular flexibility index (Phi) is 3.96. The Bertz CT molecular complexity index is 419. The molecule has 2 aliphatic rings. The summed E-state index contributed by atoms with van der Waals surface area (Å²) in [7, 11) is -3.00. The number of amides is 1. The van der Waals surface area contributed by atoms with Crippen LogP contribution in [0, 0.1) is 17.8 Å². The number of rotatable bonds is 3. The van der Waals surface area contributed by atoms with Crippen LogP contribution in [0.2, 0.25) is 0 Å². The maximum Gasteiger partial charge on any atom is 0.223 e. The third-order valence-corrected chi connectivity index (χ3v) is 6.16. The molecule has 104 valence electrons. The Morgan fingerprint density at radius 1 is 1.39 bits per heavy atom. The molecule has 2 heterocycles. The van der Waals surface area contributed by atoms with Crippen molar-refractivity contribution in [2.45, 2.75) is 25.5 Å². The SMILES string of the molecule is CC(C)CNC(=O)[C@@H]1CCS(=O)(=O)[C@H]2CNC[C@@H]12. The van der Waals surface area contributed by atoms with Gasteiger partial charge in [0.25, 0.3) is 0 Å². The molecule has 0 aromatic carbocycles. The molecule has 0 radical (unpaired) electrons. The van der Waals surface area contributed by atoms with Crippen molar-refractivity contribution in [1.82, 2.24) is 10.6 Å². The quantitative estimate of drug-likeness (QED) is 0.746. The molecule has 2 rings (SSSR count). The van der Waals surface area contributed by atoms with Gasteiger partial charge in [0.05, 0.1) is 11.0 Å². The van der Waals surface area contributed by atoms with Crippen LogP contribution >= 0.6 is 0 Å². The average Bonchev–Trinajstić information content (AvgIpc) is 2.76. The Balaban J connectivity index is 2.04. The number of sulfone groups is 1. The highest BCUT2D eigenvalue weighted by Crippen LogP contribution is 2.33. The van der Waals surface area contributed by atoms with Crippen molar-refractivity contribution in [3.63, 3.8) is 0 Å². The first-order valence-electron chi connectivity index (χ1n) is 6.62. The fraction of sp³-hybridized carbons (Fsp3) is 0.917. The van der Waals surface area contributed by atoms with Crippen LogP contribution < -0.4 is 10.6 Å². The zero-order valence-electron chi connectivity index (χ0n) is 11.0. The fourth-order valence-electron chi connectivity index (χ4n) is 2.89. The van der Waals surface area contributed by atoms with Crippen molar-refractivity contribution in [2.75, 3.05) is 25.4 Å². The molecule has 2 aliphatic heterocycles. The van der Waals surface area contributed by atoms with Gasteiger partial charge in [0.2, 0.25) is 5.91 Å². The van der Waals surface area contributed by atoms with Crippen LogP contribution in [-0.4, -0.2) is 45.0 Å². The Morgan fingerprint density at radius 3 is 2.78 bits per heavy atom. The highest BCUT2D eigenvalue weighted by molar-refractivity contribution is 7.92. The van der Waals surface area contributed by atoms with Crippen molar-refractivity contribution < 1.29 is 13.2 Å². The highest BCUT2D eigenvalue weighted by atomic mass is 32.2. The normalized spacial score (nSPS) is 34.3. The summed E-state index contributed by atoms with van der Waals surface area (Å²) in [5, 5.41) is 5.68. The van der Waals surface area contributed by atoms with E-state index in [2.05, 4.69) is 10.6 Å². The first-order valence-corrected chi connectivity index (χ1v) is 8.33. The number of hydrogen-bond acceptors (Lipinski definition) is 4. The third kappa shape index (κ3) is 2.69. The molecule has 2 saturated heterocycles. The minimum atomic E-state index is -3.00. The van der Waals surface area contributed by atoms with Gasteiger partial charge in [-0.05, 0) is 12.3 Å². The summed E-state index contributed by atoms with van der Waals surface area (Å²) >= 11 is 0. The molecule has 0 bridgehead atoms. The monoisotopic (exact) mass is 274 g/mol. The van der Waals surface area contributed by atoms with Crippen molar-refractivity contribution in [1.29, 1.82) is 0 Å². The molecule has 3 atom stereocenters. The lowest BCUT2D eigenvalue weighted by Crippen LogP contribution is -2.47. The van der Waals surface area contributed by atoms with Crippen molar-refractivity contribution in [3.8, 4) is 0 Å². The molecule has 2 fully saturated rings. The molecule has 0 unspecified atom stereocenters. The van der Waals surface area contributed by atoms with Gasteiger partial charge in [-0.15, -0.1) is 0 Å². The second-order valence-corrected chi connectivity index (χ2v) is 8.10. The first kappa shape index (κ1) is 13.8. The smallest absolute Gasteiger partial charge is 0.223 e. The summed E-state index contributed by atoms with van der Waals surface area (Å²) in [5.74, 6) is 0.398. The van der Waals surface area contributed by atoms with E-state index in [0.717, 1.165) is 0 Å². The van der Waals surface area contributed by atoms with Gasteiger partial charge in [-0.2, -0.15) is 0 Å². The maximum atomic E-state index is 12.1. The van der Waals surface area contributed by atoms with Crippen molar-refractivity contribution in [3.05, 3.63) is 0 Å². The van der Waals surface area contributed by atoms with Gasteiger partial charge < -0.3 is 10.6 Å². The number of carbonyl (C=O) groups is 1. The van der Waals surface area contributed by atoms with Crippen LogP contribution in [0.3, 0.4) is 0 Å². The van der Waals surface area contributed by atoms with Crippen LogP contribution in [0.15, 0.2) is 0 Å². The van der Waals surface area contributed by atoms with Crippen LogP contribution in [0.25, 0.3) is 0 Å². The van der Waals surface area contributed by atoms with Crippen LogP contribution in [0.5, 0.6) is 0 Å². The standard InChI is InChI=1S/C12H22N2O3S/c1-8(2)5-14-12(15)9-3-4-18(16,17)11-7-13-6-10(9)11/h8-11,13H,3-7H2,1-2H3,(H,14,15)/t9-,10+,11+/m1/s1. The van der Waals surface area contributed by atoms with Gasteiger partial charge in [0, 0.05) is 31.5 Å². The van der Waals surface area contributed by atoms with Crippen LogP contribution in [-0.2, 0) is 14.6 Å². The molecular weight excluding hydrogens is 252 g/mol. The van der Waals surface area contributed by atoms with Crippen LogP contribution in [0.4, 0.5) is 0 Å². The summed E-state index contributed by atoms with van der Waals surface area (Å²) in [6.07, 6.45) is 0.467. The van der Waals surface area contributed by atoms with Crippen molar-refractivity contribution in [2.24, 2.45) is 17.8 Å². The molecule has 0 spiro atoms. The molecule has 6 heteroatoms.